The first kappa shape index (κ1) is 24.5. The van der Waals surface area contributed by atoms with Gasteiger partial charge in [-0.3, -0.25) is 4.79 Å². The molecule has 0 aliphatic carbocycles. The van der Waals surface area contributed by atoms with Gasteiger partial charge < -0.3 is 15.1 Å². The minimum absolute atomic E-state index is 0.0194. The second-order valence-corrected chi connectivity index (χ2v) is 10.1. The second-order valence-electron chi connectivity index (χ2n) is 8.72. The van der Waals surface area contributed by atoms with Gasteiger partial charge in [0, 0.05) is 28.0 Å². The summed E-state index contributed by atoms with van der Waals surface area (Å²) in [4.78, 5) is 32.3. The summed E-state index contributed by atoms with van der Waals surface area (Å²) in [7, 11) is 0. The Labute approximate surface area is 201 Å². The smallest absolute Gasteiger partial charge is 0.322 e. The Hall–Kier alpha value is -3.12. The van der Waals surface area contributed by atoms with Crippen molar-refractivity contribution in [3.8, 4) is 0 Å². The van der Waals surface area contributed by atoms with E-state index in [-0.39, 0.29) is 24.5 Å². The molecule has 0 aliphatic rings. The summed E-state index contributed by atoms with van der Waals surface area (Å²) in [5, 5.41) is 2.98. The number of thiophene rings is 1. The van der Waals surface area contributed by atoms with Gasteiger partial charge in [-0.25, -0.2) is 4.79 Å². The van der Waals surface area contributed by atoms with E-state index in [4.69, 9.17) is 0 Å². The molecule has 1 aromatic heterocycles. The molecule has 0 saturated heterocycles. The summed E-state index contributed by atoms with van der Waals surface area (Å²) >= 11 is 1.69. The zero-order valence-electron chi connectivity index (χ0n) is 20.1. The van der Waals surface area contributed by atoms with Crippen molar-refractivity contribution < 1.29 is 9.59 Å². The van der Waals surface area contributed by atoms with Gasteiger partial charge in [0.05, 0.1) is 6.54 Å². The number of anilines is 1. The van der Waals surface area contributed by atoms with Gasteiger partial charge in [0.25, 0.3) is 0 Å². The summed E-state index contributed by atoms with van der Waals surface area (Å²) in [6.07, 6.45) is 0. The molecule has 3 amide bonds. The van der Waals surface area contributed by atoms with Gasteiger partial charge in [0.2, 0.25) is 5.91 Å². The van der Waals surface area contributed by atoms with Crippen molar-refractivity contribution in [1.82, 2.24) is 9.80 Å². The lowest BCUT2D eigenvalue weighted by atomic mass is 10.1. The van der Waals surface area contributed by atoms with Crippen LogP contribution in [0.25, 0.3) is 0 Å². The Morgan fingerprint density at radius 1 is 0.939 bits per heavy atom. The zero-order valence-corrected chi connectivity index (χ0v) is 20.9. The molecule has 0 saturated carbocycles. The van der Waals surface area contributed by atoms with Crippen LogP contribution < -0.4 is 5.32 Å². The Morgan fingerprint density at radius 3 is 2.27 bits per heavy atom. The average molecular weight is 464 g/mol. The van der Waals surface area contributed by atoms with Crippen molar-refractivity contribution >= 4 is 29.0 Å². The predicted octanol–water partition coefficient (Wildman–Crippen LogP) is 6.14. The molecule has 3 rings (SSSR count). The molecular formula is C27H33N3O2S. The standard InChI is InChI=1S/C27H33N3O2S/c1-19(2)30(27(32)28-25-14-11-20(3)15-21(25)4)18-26(31)29(16-23-9-7-6-8-10-23)17-24-13-12-22(5)33-24/h6-15,19H,16-18H2,1-5H3,(H,28,32). The van der Waals surface area contributed by atoms with Crippen LogP contribution in [0, 0.1) is 20.8 Å². The molecule has 3 aromatic rings. The normalized spacial score (nSPS) is 10.8. The highest BCUT2D eigenvalue weighted by Crippen LogP contribution is 2.20. The van der Waals surface area contributed by atoms with Crippen molar-refractivity contribution in [2.24, 2.45) is 0 Å². The van der Waals surface area contributed by atoms with Crippen LogP contribution in [-0.4, -0.2) is 34.3 Å². The first-order valence-electron chi connectivity index (χ1n) is 11.2. The van der Waals surface area contributed by atoms with Crippen molar-refractivity contribution in [2.75, 3.05) is 11.9 Å². The second kappa shape index (κ2) is 11.1. The molecule has 6 heteroatoms. The van der Waals surface area contributed by atoms with Gasteiger partial charge in [0.15, 0.2) is 0 Å². The number of nitrogens with zero attached hydrogens (tertiary/aromatic N) is 2. The zero-order chi connectivity index (χ0) is 24.0. The number of amides is 3. The van der Waals surface area contributed by atoms with Gasteiger partial charge in [-0.2, -0.15) is 0 Å². The first-order chi connectivity index (χ1) is 15.7. The minimum atomic E-state index is -0.267. The molecule has 1 N–H and O–H groups in total. The van der Waals surface area contributed by atoms with E-state index in [0.717, 1.165) is 27.3 Å². The van der Waals surface area contributed by atoms with Crippen molar-refractivity contribution in [1.29, 1.82) is 0 Å². The number of rotatable bonds is 8. The fourth-order valence-corrected chi connectivity index (χ4v) is 4.58. The number of aryl methyl sites for hydroxylation is 3. The number of carbonyl (C=O) groups is 2. The molecule has 0 radical (unpaired) electrons. The van der Waals surface area contributed by atoms with Crippen LogP contribution in [0.5, 0.6) is 0 Å². The van der Waals surface area contributed by atoms with Gasteiger partial charge >= 0.3 is 6.03 Å². The van der Waals surface area contributed by atoms with Crippen LogP contribution >= 0.6 is 11.3 Å². The molecule has 0 spiro atoms. The first-order valence-corrected chi connectivity index (χ1v) is 12.1. The summed E-state index contributed by atoms with van der Waals surface area (Å²) in [6, 6.07) is 19.6. The SMILES string of the molecule is Cc1ccc(NC(=O)N(CC(=O)N(Cc2ccccc2)Cc2ccc(C)s2)C(C)C)c(C)c1. The van der Waals surface area contributed by atoms with E-state index in [9.17, 15) is 9.59 Å². The molecule has 0 fully saturated rings. The molecule has 5 nitrogen and oxygen atoms in total. The highest BCUT2D eigenvalue weighted by atomic mass is 32.1. The van der Waals surface area contributed by atoms with E-state index < -0.39 is 0 Å². The number of nitrogens with one attached hydrogen (secondary N) is 1. The minimum Gasteiger partial charge on any atom is -0.332 e. The monoisotopic (exact) mass is 463 g/mol. The topological polar surface area (TPSA) is 52.7 Å². The predicted molar refractivity (Wildman–Crippen MR) is 137 cm³/mol. The van der Waals surface area contributed by atoms with Crippen LogP contribution in [0.15, 0.2) is 60.7 Å². The summed E-state index contributed by atoms with van der Waals surface area (Å²) in [6.45, 7) is 11.0. The van der Waals surface area contributed by atoms with Gasteiger partial charge in [-0.05, 0) is 63.9 Å². The molecule has 33 heavy (non-hydrogen) atoms. The number of hydrogen-bond acceptors (Lipinski definition) is 3. The molecule has 0 bridgehead atoms. The Balaban J connectivity index is 1.76. The fraction of sp³-hybridized carbons (Fsp3) is 0.333. The van der Waals surface area contributed by atoms with Crippen LogP contribution in [0.1, 0.15) is 40.3 Å². The summed E-state index contributed by atoms with van der Waals surface area (Å²) in [5.74, 6) is -0.0746. The van der Waals surface area contributed by atoms with Gasteiger partial charge in [-0.1, -0.05) is 48.0 Å². The number of benzene rings is 2. The van der Waals surface area contributed by atoms with Crippen molar-refractivity contribution in [3.63, 3.8) is 0 Å². The maximum absolute atomic E-state index is 13.5. The largest absolute Gasteiger partial charge is 0.332 e. The quantitative estimate of drug-likeness (QED) is 0.436. The maximum atomic E-state index is 13.5. The lowest BCUT2D eigenvalue weighted by Crippen LogP contribution is -2.47. The van der Waals surface area contributed by atoms with Gasteiger partial charge in [-0.15, -0.1) is 11.3 Å². The highest BCUT2D eigenvalue weighted by molar-refractivity contribution is 7.11. The van der Waals surface area contributed by atoms with Crippen molar-refractivity contribution in [2.45, 2.75) is 53.8 Å². The highest BCUT2D eigenvalue weighted by Gasteiger charge is 2.24. The average Bonchev–Trinajstić information content (AvgIpc) is 3.18. The third-order valence-corrected chi connectivity index (χ3v) is 6.51. The van der Waals surface area contributed by atoms with E-state index in [1.165, 1.54) is 4.88 Å². The van der Waals surface area contributed by atoms with E-state index in [1.807, 2.05) is 81.1 Å². The number of carbonyl (C=O) groups excluding carboxylic acids is 2. The molecule has 174 valence electrons. The molecule has 2 aromatic carbocycles. The summed E-state index contributed by atoms with van der Waals surface area (Å²) < 4.78 is 0. The third-order valence-electron chi connectivity index (χ3n) is 5.53. The molecule has 0 unspecified atom stereocenters. The Bertz CT molecular complexity index is 1090. The van der Waals surface area contributed by atoms with Crippen molar-refractivity contribution in [3.05, 3.63) is 87.1 Å². The lowest BCUT2D eigenvalue weighted by Gasteiger charge is -2.30. The van der Waals surface area contributed by atoms with Crippen LogP contribution in [-0.2, 0) is 17.9 Å². The van der Waals surface area contributed by atoms with Crippen LogP contribution in [0.2, 0.25) is 0 Å². The Kier molecular flexibility index (Phi) is 8.28. The lowest BCUT2D eigenvalue weighted by molar-refractivity contribution is -0.133. The van der Waals surface area contributed by atoms with Crippen LogP contribution in [0.3, 0.4) is 0 Å². The molecule has 1 heterocycles. The van der Waals surface area contributed by atoms with Gasteiger partial charge in [0.1, 0.15) is 6.54 Å². The third kappa shape index (κ3) is 6.93. The maximum Gasteiger partial charge on any atom is 0.322 e. The molecule has 0 aliphatic heterocycles. The van der Waals surface area contributed by atoms with Crippen LogP contribution in [0.4, 0.5) is 10.5 Å². The van der Waals surface area contributed by atoms with E-state index in [1.54, 1.807) is 16.2 Å². The number of urea groups is 1. The van der Waals surface area contributed by atoms with E-state index in [2.05, 4.69) is 24.4 Å². The fourth-order valence-electron chi connectivity index (χ4n) is 3.67. The van der Waals surface area contributed by atoms with E-state index >= 15 is 0 Å². The Morgan fingerprint density at radius 2 is 1.67 bits per heavy atom. The number of hydrogen-bond donors (Lipinski definition) is 1. The summed E-state index contributed by atoms with van der Waals surface area (Å²) in [5.41, 5.74) is 3.97. The van der Waals surface area contributed by atoms with E-state index in [0.29, 0.717) is 13.1 Å². The molecule has 0 atom stereocenters. The molecular weight excluding hydrogens is 430 g/mol.